The number of benzene rings is 1. The van der Waals surface area contributed by atoms with Gasteiger partial charge in [-0.1, -0.05) is 0 Å². The van der Waals surface area contributed by atoms with Crippen LogP contribution in [0.1, 0.15) is 12.8 Å². The van der Waals surface area contributed by atoms with Crippen molar-refractivity contribution >= 4 is 33.7 Å². The lowest BCUT2D eigenvalue weighted by atomic mass is 10.0. The highest BCUT2D eigenvalue weighted by Crippen LogP contribution is 2.36. The van der Waals surface area contributed by atoms with Gasteiger partial charge in [0.2, 0.25) is 5.91 Å². The van der Waals surface area contributed by atoms with Gasteiger partial charge in [-0.15, -0.1) is 0 Å². The number of hydrogen-bond donors (Lipinski definition) is 3. The number of aromatic amines is 2. The average molecular weight is 479 g/mol. The van der Waals surface area contributed by atoms with Crippen LogP contribution in [-0.2, 0) is 4.79 Å². The Morgan fingerprint density at radius 1 is 1.11 bits per heavy atom. The highest BCUT2D eigenvalue weighted by molar-refractivity contribution is 5.98. The molecule has 1 saturated carbocycles. The zero-order valence-electron chi connectivity index (χ0n) is 18.7. The van der Waals surface area contributed by atoms with E-state index in [-0.39, 0.29) is 11.8 Å². The molecule has 0 atom stereocenters. The molecule has 0 aliphatic heterocycles. The second-order valence-electron chi connectivity index (χ2n) is 8.80. The number of hydrogen-bond acceptors (Lipinski definition) is 6. The summed E-state index contributed by atoms with van der Waals surface area (Å²) in [4.78, 5) is 28.6. The minimum absolute atomic E-state index is 0.0321. The van der Waals surface area contributed by atoms with Gasteiger partial charge in [0.1, 0.15) is 11.5 Å². The van der Waals surface area contributed by atoms with Gasteiger partial charge in [0.15, 0.2) is 11.5 Å². The molecule has 1 fully saturated rings. The van der Waals surface area contributed by atoms with Gasteiger partial charge < -0.3 is 14.7 Å². The Hall–Kier alpha value is -4.86. The SMILES string of the molecule is O=C(Nc1cncc(-c2ccc3[nH]nc(-c4nc5nccc(-c6ccoc6)c5[nH]4)c3c2F)c1)C1CC1. The normalized spacial score (nSPS) is 13.5. The van der Waals surface area contributed by atoms with Gasteiger partial charge in [0, 0.05) is 40.6 Å². The van der Waals surface area contributed by atoms with Crippen molar-refractivity contribution in [3.63, 3.8) is 0 Å². The molecule has 36 heavy (non-hydrogen) atoms. The number of nitrogens with zero attached hydrogens (tertiary/aromatic N) is 4. The zero-order valence-corrected chi connectivity index (χ0v) is 18.7. The van der Waals surface area contributed by atoms with E-state index in [2.05, 4.69) is 35.5 Å². The Balaban J connectivity index is 1.32. The molecule has 7 rings (SSSR count). The Labute approximate surface area is 202 Å². The van der Waals surface area contributed by atoms with Gasteiger partial charge in [-0.05, 0) is 43.2 Å². The van der Waals surface area contributed by atoms with Crippen LogP contribution in [-0.4, -0.2) is 36.0 Å². The zero-order chi connectivity index (χ0) is 24.2. The van der Waals surface area contributed by atoms with Crippen LogP contribution in [0.4, 0.5) is 10.1 Å². The Morgan fingerprint density at radius 2 is 2.03 bits per heavy atom. The number of furan rings is 1. The highest BCUT2D eigenvalue weighted by atomic mass is 19.1. The smallest absolute Gasteiger partial charge is 0.227 e. The summed E-state index contributed by atoms with van der Waals surface area (Å²) in [7, 11) is 0. The first-order valence-corrected chi connectivity index (χ1v) is 11.5. The fourth-order valence-electron chi connectivity index (χ4n) is 4.39. The third-order valence-electron chi connectivity index (χ3n) is 6.38. The number of rotatable bonds is 5. The first kappa shape index (κ1) is 20.5. The second-order valence-corrected chi connectivity index (χ2v) is 8.80. The number of anilines is 1. The molecule has 0 radical (unpaired) electrons. The Bertz CT molecular complexity index is 1770. The van der Waals surface area contributed by atoms with Gasteiger partial charge in [-0.25, -0.2) is 14.4 Å². The van der Waals surface area contributed by atoms with E-state index in [1.165, 1.54) is 0 Å². The monoisotopic (exact) mass is 479 g/mol. The fraction of sp³-hybridized carbons (Fsp3) is 0.115. The Kier molecular flexibility index (Phi) is 4.47. The lowest BCUT2D eigenvalue weighted by molar-refractivity contribution is -0.117. The van der Waals surface area contributed by atoms with Crippen molar-refractivity contribution in [2.75, 3.05) is 5.32 Å². The number of aromatic nitrogens is 6. The molecule has 5 aromatic heterocycles. The lowest BCUT2D eigenvalue weighted by Crippen LogP contribution is -2.13. The van der Waals surface area contributed by atoms with Crippen LogP contribution in [0.2, 0.25) is 0 Å². The highest BCUT2D eigenvalue weighted by Gasteiger charge is 2.29. The van der Waals surface area contributed by atoms with Gasteiger partial charge in [0.25, 0.3) is 0 Å². The van der Waals surface area contributed by atoms with Crippen molar-refractivity contribution in [3.8, 4) is 33.8 Å². The van der Waals surface area contributed by atoms with Crippen LogP contribution in [0, 0.1) is 11.7 Å². The van der Waals surface area contributed by atoms with Crippen LogP contribution in [0.3, 0.4) is 0 Å². The van der Waals surface area contributed by atoms with Crippen LogP contribution in [0.15, 0.2) is 65.9 Å². The molecule has 0 bridgehead atoms. The summed E-state index contributed by atoms with van der Waals surface area (Å²) in [6.07, 6.45) is 9.82. The number of pyridine rings is 2. The third-order valence-corrected chi connectivity index (χ3v) is 6.38. The molecule has 1 aromatic carbocycles. The first-order valence-electron chi connectivity index (χ1n) is 11.5. The maximum Gasteiger partial charge on any atom is 0.227 e. The van der Waals surface area contributed by atoms with Gasteiger partial charge in [0.05, 0.1) is 40.8 Å². The van der Waals surface area contributed by atoms with Crippen molar-refractivity contribution in [1.29, 1.82) is 0 Å². The summed E-state index contributed by atoms with van der Waals surface area (Å²) in [5.74, 6) is -0.0515. The average Bonchev–Trinajstić information content (AvgIpc) is 3.27. The molecule has 1 aliphatic rings. The van der Waals surface area contributed by atoms with E-state index in [4.69, 9.17) is 4.42 Å². The maximum absolute atomic E-state index is 16.0. The van der Waals surface area contributed by atoms with E-state index in [1.807, 2.05) is 12.1 Å². The number of H-pyrrole nitrogens is 2. The quantitative estimate of drug-likeness (QED) is 0.308. The molecule has 9 nitrogen and oxygen atoms in total. The van der Waals surface area contributed by atoms with E-state index in [1.54, 1.807) is 49.3 Å². The van der Waals surface area contributed by atoms with Crippen LogP contribution < -0.4 is 5.32 Å². The molecule has 0 unspecified atom stereocenters. The summed E-state index contributed by atoms with van der Waals surface area (Å²) in [6.45, 7) is 0. The molecule has 176 valence electrons. The number of nitrogens with one attached hydrogen (secondary N) is 3. The fourth-order valence-corrected chi connectivity index (χ4v) is 4.39. The molecule has 6 aromatic rings. The maximum atomic E-state index is 16.0. The standard InChI is InChI=1S/C26H18FN7O2/c27-21-17(15-9-16(11-28-10-15)30-26(35)13-1-2-13)3-4-19-20(21)23(34-33-19)25-31-22-18(14-6-8-36-12-14)5-7-29-24(22)32-25/h3-13H,1-2H2,(H,30,35)(H,33,34)(H,29,31,32). The number of carbonyl (C=O) groups excluding carboxylic acids is 1. The lowest BCUT2D eigenvalue weighted by Gasteiger charge is -2.08. The largest absolute Gasteiger partial charge is 0.472 e. The number of imidazole rings is 1. The van der Waals surface area contributed by atoms with Crippen LogP contribution >= 0.6 is 0 Å². The summed E-state index contributed by atoms with van der Waals surface area (Å²) < 4.78 is 21.2. The number of amides is 1. The van der Waals surface area contributed by atoms with Gasteiger partial charge in [-0.3, -0.25) is 14.9 Å². The van der Waals surface area contributed by atoms with Crippen molar-refractivity contribution in [2.24, 2.45) is 5.92 Å². The molecular weight excluding hydrogens is 461 g/mol. The predicted octanol–water partition coefficient (Wildman–Crippen LogP) is 5.31. The van der Waals surface area contributed by atoms with E-state index >= 15 is 4.39 Å². The summed E-state index contributed by atoms with van der Waals surface area (Å²) in [5, 5.41) is 10.4. The molecule has 1 aliphatic carbocycles. The van der Waals surface area contributed by atoms with Gasteiger partial charge >= 0.3 is 0 Å². The van der Waals surface area contributed by atoms with Crippen molar-refractivity contribution in [1.82, 2.24) is 30.1 Å². The second kappa shape index (κ2) is 7.84. The van der Waals surface area contributed by atoms with Gasteiger partial charge in [-0.2, -0.15) is 5.10 Å². The first-order chi connectivity index (χ1) is 17.7. The summed E-state index contributed by atoms with van der Waals surface area (Å²) in [5.41, 5.74) is 5.21. The van der Waals surface area contributed by atoms with Crippen molar-refractivity contribution in [2.45, 2.75) is 12.8 Å². The van der Waals surface area contributed by atoms with Crippen molar-refractivity contribution in [3.05, 3.63) is 67.3 Å². The number of halogens is 1. The molecule has 0 spiro atoms. The van der Waals surface area contributed by atoms with E-state index in [9.17, 15) is 4.79 Å². The predicted molar refractivity (Wildman–Crippen MR) is 131 cm³/mol. The van der Waals surface area contributed by atoms with E-state index in [0.717, 1.165) is 24.0 Å². The molecule has 5 heterocycles. The van der Waals surface area contributed by atoms with Crippen LogP contribution in [0.25, 0.3) is 55.8 Å². The molecule has 10 heteroatoms. The Morgan fingerprint density at radius 3 is 2.86 bits per heavy atom. The van der Waals surface area contributed by atoms with Crippen LogP contribution in [0.5, 0.6) is 0 Å². The summed E-state index contributed by atoms with van der Waals surface area (Å²) >= 11 is 0. The number of fused-ring (bicyclic) bond motifs is 2. The minimum Gasteiger partial charge on any atom is -0.472 e. The topological polar surface area (TPSA) is 125 Å². The number of carbonyl (C=O) groups is 1. The third kappa shape index (κ3) is 3.34. The molecular formula is C26H18FN7O2. The minimum atomic E-state index is -0.466. The van der Waals surface area contributed by atoms with Crippen molar-refractivity contribution < 1.29 is 13.6 Å². The molecule has 0 saturated heterocycles. The molecule has 1 amide bonds. The van der Waals surface area contributed by atoms with E-state index < -0.39 is 5.82 Å². The van der Waals surface area contributed by atoms with E-state index in [0.29, 0.717) is 50.4 Å². The summed E-state index contributed by atoms with van der Waals surface area (Å²) in [6, 6.07) is 8.86. The molecule has 3 N–H and O–H groups in total.